The van der Waals surface area contributed by atoms with Crippen molar-refractivity contribution in [3.8, 4) is 11.6 Å². The Morgan fingerprint density at radius 1 is 1.23 bits per heavy atom. The van der Waals surface area contributed by atoms with E-state index in [1.807, 2.05) is 18.2 Å². The summed E-state index contributed by atoms with van der Waals surface area (Å²) in [5, 5.41) is 3.80. The van der Waals surface area contributed by atoms with Crippen molar-refractivity contribution in [1.29, 1.82) is 0 Å². The molecule has 3 rings (SSSR count). The van der Waals surface area contributed by atoms with E-state index >= 15 is 0 Å². The van der Waals surface area contributed by atoms with Crippen LogP contribution in [0.25, 0.3) is 0 Å². The second kappa shape index (κ2) is 9.47. The highest BCUT2D eigenvalue weighted by Gasteiger charge is 2.30. The first-order chi connectivity index (χ1) is 14.6. The molecule has 9 heteroatoms. The Kier molecular flexibility index (Phi) is 6.94. The van der Waals surface area contributed by atoms with Crippen LogP contribution in [-0.4, -0.2) is 48.7 Å². The Hall–Kier alpha value is -2.94. The Morgan fingerprint density at radius 3 is 2.48 bits per heavy atom. The van der Waals surface area contributed by atoms with Crippen LogP contribution in [0.5, 0.6) is 11.6 Å². The van der Waals surface area contributed by atoms with E-state index < -0.39 is 21.8 Å². The van der Waals surface area contributed by atoms with Crippen LogP contribution < -0.4 is 15.0 Å². The molecule has 8 nitrogen and oxygen atoms in total. The second-order valence-electron chi connectivity index (χ2n) is 7.91. The molecule has 1 aliphatic heterocycles. The molecule has 0 saturated carbocycles. The number of benzene rings is 1. The fourth-order valence-corrected chi connectivity index (χ4v) is 4.02. The summed E-state index contributed by atoms with van der Waals surface area (Å²) >= 11 is 0. The van der Waals surface area contributed by atoms with Gasteiger partial charge in [-0.25, -0.2) is 13.4 Å². The minimum Gasteiger partial charge on any atom is -0.438 e. The van der Waals surface area contributed by atoms with Gasteiger partial charge in [-0.3, -0.25) is 4.79 Å². The molecule has 1 saturated heterocycles. The van der Waals surface area contributed by atoms with Crippen LogP contribution in [0.15, 0.2) is 48.0 Å². The van der Waals surface area contributed by atoms with Gasteiger partial charge in [-0.2, -0.15) is 4.98 Å². The highest BCUT2D eigenvalue weighted by molar-refractivity contribution is 7.93. The highest BCUT2D eigenvalue weighted by atomic mass is 32.2. The summed E-state index contributed by atoms with van der Waals surface area (Å²) in [5.74, 6) is 0.767. The van der Waals surface area contributed by atoms with Crippen molar-refractivity contribution >= 4 is 21.7 Å². The summed E-state index contributed by atoms with van der Waals surface area (Å²) in [5.41, 5.74) is 0.173. The predicted octanol–water partition coefficient (Wildman–Crippen LogP) is 3.32. The number of nitrogens with zero attached hydrogens (tertiary/aromatic N) is 3. The van der Waals surface area contributed by atoms with Crippen LogP contribution >= 0.6 is 0 Å². The summed E-state index contributed by atoms with van der Waals surface area (Å²) in [6.45, 7) is 5.93. The molecular formula is C22H28N4O4S. The van der Waals surface area contributed by atoms with E-state index in [9.17, 15) is 13.2 Å². The van der Waals surface area contributed by atoms with Crippen LogP contribution in [0.2, 0.25) is 0 Å². The maximum absolute atomic E-state index is 12.9. The Balaban J connectivity index is 1.91. The van der Waals surface area contributed by atoms with Crippen molar-refractivity contribution in [3.05, 3.63) is 53.6 Å². The molecule has 166 valence electrons. The van der Waals surface area contributed by atoms with Crippen molar-refractivity contribution in [2.45, 2.75) is 51.7 Å². The van der Waals surface area contributed by atoms with Gasteiger partial charge < -0.3 is 15.0 Å². The van der Waals surface area contributed by atoms with Crippen molar-refractivity contribution in [2.75, 3.05) is 11.2 Å². The number of amides is 1. The van der Waals surface area contributed by atoms with Gasteiger partial charge in [-0.1, -0.05) is 24.3 Å². The van der Waals surface area contributed by atoms with E-state index in [1.165, 1.54) is 12.3 Å². The standard InChI is InChI=1S/C22H28N4O4S/c1-15(12-13-31(4,28)29)24-20(27)19-14-23-22(26-16(2)10-11-17(26)3)25-21(19)30-18-8-6-5-7-9-18/h5-9,12-17H,10-11H2,1-4H3,(H,24,27)/b13-12+/t15?,16-,17-/m1/s1. The zero-order valence-corrected chi connectivity index (χ0v) is 19.0. The van der Waals surface area contributed by atoms with Gasteiger partial charge in [0.15, 0.2) is 9.84 Å². The molecule has 2 heterocycles. The predicted molar refractivity (Wildman–Crippen MR) is 120 cm³/mol. The molecule has 0 aliphatic carbocycles. The Labute approximate surface area is 183 Å². The smallest absolute Gasteiger partial charge is 0.258 e. The van der Waals surface area contributed by atoms with Gasteiger partial charge in [0.05, 0.1) is 0 Å². The minimum absolute atomic E-state index is 0.152. The normalized spacial score (nSPS) is 20.1. The van der Waals surface area contributed by atoms with E-state index in [1.54, 1.807) is 19.1 Å². The fourth-order valence-electron chi connectivity index (χ4n) is 3.50. The molecule has 1 aromatic heterocycles. The van der Waals surface area contributed by atoms with Crippen molar-refractivity contribution in [1.82, 2.24) is 15.3 Å². The third-order valence-corrected chi connectivity index (χ3v) is 5.75. The lowest BCUT2D eigenvalue weighted by Gasteiger charge is -2.26. The fraction of sp³-hybridized carbons (Fsp3) is 0.409. The molecule has 1 amide bonds. The number of ether oxygens (including phenoxy) is 1. The Morgan fingerprint density at radius 2 is 1.87 bits per heavy atom. The average molecular weight is 445 g/mol. The highest BCUT2D eigenvalue weighted by Crippen LogP contribution is 2.31. The SMILES string of the molecule is CC(/C=C/S(C)(=O)=O)NC(=O)c1cnc(N2[C@H](C)CC[C@H]2C)nc1Oc1ccccc1. The van der Waals surface area contributed by atoms with Gasteiger partial charge in [-0.05, 0) is 45.7 Å². The Bertz CT molecular complexity index is 1050. The monoisotopic (exact) mass is 444 g/mol. The molecule has 1 aliphatic rings. The number of para-hydroxylation sites is 1. The van der Waals surface area contributed by atoms with Crippen LogP contribution in [-0.2, 0) is 9.84 Å². The minimum atomic E-state index is -3.28. The van der Waals surface area contributed by atoms with Gasteiger partial charge >= 0.3 is 0 Å². The molecule has 3 atom stereocenters. The maximum Gasteiger partial charge on any atom is 0.258 e. The number of hydrogen-bond acceptors (Lipinski definition) is 7. The maximum atomic E-state index is 12.9. The first-order valence-electron chi connectivity index (χ1n) is 10.2. The van der Waals surface area contributed by atoms with Gasteiger partial charge in [0.25, 0.3) is 5.91 Å². The molecule has 31 heavy (non-hydrogen) atoms. The molecule has 0 bridgehead atoms. The molecule has 0 spiro atoms. The molecular weight excluding hydrogens is 416 g/mol. The number of sulfone groups is 1. The van der Waals surface area contributed by atoms with Gasteiger partial charge in [0.1, 0.15) is 11.3 Å². The lowest BCUT2D eigenvalue weighted by atomic mass is 10.2. The van der Waals surface area contributed by atoms with E-state index in [2.05, 4.69) is 34.0 Å². The summed E-state index contributed by atoms with van der Waals surface area (Å²) in [4.78, 5) is 24.0. The second-order valence-corrected chi connectivity index (χ2v) is 9.84. The third kappa shape index (κ3) is 6.04. The van der Waals surface area contributed by atoms with E-state index in [0.717, 1.165) is 24.5 Å². The topological polar surface area (TPSA) is 101 Å². The van der Waals surface area contributed by atoms with Crippen LogP contribution in [0, 0.1) is 0 Å². The molecule has 1 N–H and O–H groups in total. The van der Waals surface area contributed by atoms with Crippen molar-refractivity contribution in [2.24, 2.45) is 0 Å². The van der Waals surface area contributed by atoms with Crippen molar-refractivity contribution in [3.63, 3.8) is 0 Å². The van der Waals surface area contributed by atoms with Crippen LogP contribution in [0.3, 0.4) is 0 Å². The van der Waals surface area contributed by atoms with E-state index in [0.29, 0.717) is 23.8 Å². The molecule has 0 radical (unpaired) electrons. The zero-order valence-electron chi connectivity index (χ0n) is 18.1. The van der Waals surface area contributed by atoms with E-state index in [4.69, 9.17) is 4.74 Å². The number of carbonyl (C=O) groups excluding carboxylic acids is 1. The molecule has 1 unspecified atom stereocenters. The average Bonchev–Trinajstić information content (AvgIpc) is 3.05. The van der Waals surface area contributed by atoms with E-state index in [-0.39, 0.29) is 11.4 Å². The van der Waals surface area contributed by atoms with Crippen LogP contribution in [0.4, 0.5) is 5.95 Å². The van der Waals surface area contributed by atoms with Gasteiger partial charge in [0.2, 0.25) is 11.8 Å². The number of carbonyl (C=O) groups is 1. The van der Waals surface area contributed by atoms with Gasteiger partial charge in [-0.15, -0.1) is 0 Å². The zero-order chi connectivity index (χ0) is 22.6. The number of rotatable bonds is 7. The molecule has 1 fully saturated rings. The first kappa shape index (κ1) is 22.7. The lowest BCUT2D eigenvalue weighted by Crippen LogP contribution is -2.35. The van der Waals surface area contributed by atoms with Crippen molar-refractivity contribution < 1.29 is 17.9 Å². The number of anilines is 1. The number of nitrogens with one attached hydrogen (secondary N) is 1. The molecule has 1 aromatic carbocycles. The summed E-state index contributed by atoms with van der Waals surface area (Å²) in [7, 11) is -3.28. The first-order valence-corrected chi connectivity index (χ1v) is 12.2. The number of hydrogen-bond donors (Lipinski definition) is 1. The largest absolute Gasteiger partial charge is 0.438 e. The lowest BCUT2D eigenvalue weighted by molar-refractivity contribution is 0.0943. The summed E-state index contributed by atoms with van der Waals surface area (Å²) in [6.07, 6.45) is 6.06. The third-order valence-electron chi connectivity index (χ3n) is 5.10. The number of aromatic nitrogens is 2. The summed E-state index contributed by atoms with van der Waals surface area (Å²) < 4.78 is 28.6. The summed E-state index contributed by atoms with van der Waals surface area (Å²) in [6, 6.07) is 9.17. The molecule has 2 aromatic rings. The van der Waals surface area contributed by atoms with Crippen LogP contribution in [0.1, 0.15) is 44.0 Å². The van der Waals surface area contributed by atoms with Gasteiger partial charge in [0, 0.05) is 36.0 Å². The quantitative estimate of drug-likeness (QED) is 0.699.